The van der Waals surface area contributed by atoms with E-state index in [0.717, 1.165) is 12.0 Å². The van der Waals surface area contributed by atoms with Crippen LogP contribution in [0, 0.1) is 18.8 Å². The summed E-state index contributed by atoms with van der Waals surface area (Å²) in [4.78, 5) is 15.1. The van der Waals surface area contributed by atoms with Gasteiger partial charge in [-0.05, 0) is 62.2 Å². The monoisotopic (exact) mass is 380 g/mol. The van der Waals surface area contributed by atoms with Crippen molar-refractivity contribution in [2.45, 2.75) is 38.6 Å². The highest BCUT2D eigenvalue weighted by Crippen LogP contribution is 2.59. The maximum Gasteiger partial charge on any atom is 0.224 e. The summed E-state index contributed by atoms with van der Waals surface area (Å²) in [5.74, 6) is 0.798. The number of aryl methyl sites for hydroxylation is 1. The number of hydrogen-bond acceptors (Lipinski definition) is 3. The zero-order valence-corrected chi connectivity index (χ0v) is 17.6. The van der Waals surface area contributed by atoms with E-state index in [-0.39, 0.29) is 23.3 Å². The second kappa shape index (κ2) is 7.96. The van der Waals surface area contributed by atoms with Crippen molar-refractivity contribution in [3.05, 3.63) is 65.2 Å². The summed E-state index contributed by atoms with van der Waals surface area (Å²) >= 11 is 0. The van der Waals surface area contributed by atoms with Crippen molar-refractivity contribution in [3.63, 3.8) is 0 Å². The van der Waals surface area contributed by atoms with Crippen molar-refractivity contribution in [2.75, 3.05) is 20.6 Å². The zero-order valence-electron chi connectivity index (χ0n) is 17.6. The van der Waals surface area contributed by atoms with Crippen LogP contribution in [0.4, 0.5) is 0 Å². The second-order valence-corrected chi connectivity index (χ2v) is 8.59. The van der Waals surface area contributed by atoms with Crippen LogP contribution in [-0.2, 0) is 16.6 Å². The fraction of sp³-hybridized carbons (Fsp3) is 0.458. The molecule has 0 aliphatic heterocycles. The predicted molar refractivity (Wildman–Crippen MR) is 113 cm³/mol. The van der Waals surface area contributed by atoms with Crippen LogP contribution in [0.3, 0.4) is 0 Å². The molecular weight excluding hydrogens is 348 g/mol. The molecule has 0 saturated heterocycles. The average molecular weight is 381 g/mol. The Bertz CT molecular complexity index is 834. The van der Waals surface area contributed by atoms with E-state index in [1.165, 1.54) is 11.1 Å². The van der Waals surface area contributed by atoms with Crippen LogP contribution in [0.2, 0.25) is 0 Å². The van der Waals surface area contributed by atoms with Crippen molar-refractivity contribution < 1.29 is 9.90 Å². The summed E-state index contributed by atoms with van der Waals surface area (Å²) in [6.45, 7) is 6.98. The van der Waals surface area contributed by atoms with Crippen LogP contribution in [0.5, 0.6) is 5.75 Å². The summed E-state index contributed by atoms with van der Waals surface area (Å²) in [6, 6.07) is 16.0. The van der Waals surface area contributed by atoms with E-state index in [2.05, 4.69) is 36.2 Å². The summed E-state index contributed by atoms with van der Waals surface area (Å²) in [7, 11) is 4.08. The standard InChI is InChI=1S/C24H32N2O2/c1-16-13-21(27)12-11-18(16)14-20(26(4)5)15-25-23(28)22-17(2)24(22,3)19-9-7-6-8-10-19/h6-13,17,20,22,27H,14-15H2,1-5H3,(H,25,28)/t17?,20-,22?,24+/m0/s1. The molecule has 4 atom stereocenters. The first kappa shape index (κ1) is 20.4. The van der Waals surface area contributed by atoms with Gasteiger partial charge >= 0.3 is 0 Å². The van der Waals surface area contributed by atoms with Crippen molar-refractivity contribution in [1.82, 2.24) is 10.2 Å². The van der Waals surface area contributed by atoms with Gasteiger partial charge in [0, 0.05) is 18.0 Å². The van der Waals surface area contributed by atoms with Gasteiger partial charge in [-0.15, -0.1) is 0 Å². The van der Waals surface area contributed by atoms with Crippen molar-refractivity contribution in [1.29, 1.82) is 0 Å². The number of hydrogen-bond donors (Lipinski definition) is 2. The smallest absolute Gasteiger partial charge is 0.224 e. The molecule has 1 fully saturated rings. The summed E-state index contributed by atoms with van der Waals surface area (Å²) in [5, 5.41) is 12.8. The molecule has 1 saturated carbocycles. The summed E-state index contributed by atoms with van der Waals surface area (Å²) < 4.78 is 0. The molecule has 150 valence electrons. The fourth-order valence-electron chi connectivity index (χ4n) is 4.40. The van der Waals surface area contributed by atoms with Crippen LogP contribution < -0.4 is 5.32 Å². The van der Waals surface area contributed by atoms with Gasteiger partial charge in [-0.25, -0.2) is 0 Å². The number of benzene rings is 2. The molecule has 28 heavy (non-hydrogen) atoms. The Balaban J connectivity index is 1.63. The number of carbonyl (C=O) groups excluding carboxylic acids is 1. The molecule has 4 nitrogen and oxygen atoms in total. The van der Waals surface area contributed by atoms with Gasteiger partial charge in [-0.3, -0.25) is 4.79 Å². The van der Waals surface area contributed by atoms with Crippen LogP contribution in [0.1, 0.15) is 30.5 Å². The summed E-state index contributed by atoms with van der Waals surface area (Å²) in [6.07, 6.45) is 0.829. The average Bonchev–Trinajstić information content (AvgIpc) is 3.22. The highest BCUT2D eigenvalue weighted by molar-refractivity contribution is 5.85. The zero-order chi connectivity index (χ0) is 20.5. The quantitative estimate of drug-likeness (QED) is 0.773. The number of nitrogens with one attached hydrogen (secondary N) is 1. The fourth-order valence-corrected chi connectivity index (χ4v) is 4.40. The molecule has 0 aromatic heterocycles. The molecule has 4 heteroatoms. The molecule has 2 unspecified atom stereocenters. The first-order valence-corrected chi connectivity index (χ1v) is 10.0. The molecule has 1 aliphatic carbocycles. The maximum absolute atomic E-state index is 12.9. The van der Waals surface area contributed by atoms with Gasteiger partial charge in [0.15, 0.2) is 0 Å². The number of carbonyl (C=O) groups is 1. The Morgan fingerprint density at radius 1 is 1.21 bits per heavy atom. The van der Waals surface area contributed by atoms with E-state index in [4.69, 9.17) is 0 Å². The molecule has 0 bridgehead atoms. The molecule has 1 amide bonds. The lowest BCUT2D eigenvalue weighted by atomic mass is 9.94. The Kier molecular flexibility index (Phi) is 5.80. The Hall–Kier alpha value is -2.33. The number of aromatic hydroxyl groups is 1. The van der Waals surface area contributed by atoms with Crippen molar-refractivity contribution in [2.24, 2.45) is 11.8 Å². The Morgan fingerprint density at radius 3 is 2.50 bits per heavy atom. The van der Waals surface area contributed by atoms with Gasteiger partial charge in [-0.2, -0.15) is 0 Å². The lowest BCUT2D eigenvalue weighted by Gasteiger charge is -2.25. The minimum Gasteiger partial charge on any atom is -0.508 e. The number of rotatable bonds is 7. The van der Waals surface area contributed by atoms with Crippen molar-refractivity contribution in [3.8, 4) is 5.75 Å². The SMILES string of the molecule is Cc1cc(O)ccc1C[C@@H](CNC(=O)C1C(C)[C@]1(C)c1ccccc1)N(C)C. The first-order chi connectivity index (χ1) is 13.2. The third kappa shape index (κ3) is 3.93. The predicted octanol–water partition coefficient (Wildman–Crippen LogP) is 3.51. The lowest BCUT2D eigenvalue weighted by molar-refractivity contribution is -0.123. The Morgan fingerprint density at radius 2 is 1.89 bits per heavy atom. The number of likely N-dealkylation sites (N-methyl/N-ethyl adjacent to an activating group) is 1. The molecule has 3 rings (SSSR count). The van der Waals surface area contributed by atoms with Crippen LogP contribution in [-0.4, -0.2) is 42.6 Å². The van der Waals surface area contributed by atoms with Crippen LogP contribution in [0.15, 0.2) is 48.5 Å². The molecular formula is C24H32N2O2. The van der Waals surface area contributed by atoms with E-state index in [1.54, 1.807) is 12.1 Å². The van der Waals surface area contributed by atoms with Gasteiger partial charge in [0.1, 0.15) is 5.75 Å². The molecule has 0 radical (unpaired) electrons. The number of amides is 1. The van der Waals surface area contributed by atoms with Gasteiger partial charge in [-0.1, -0.05) is 50.2 Å². The van der Waals surface area contributed by atoms with E-state index >= 15 is 0 Å². The third-order valence-electron chi connectivity index (χ3n) is 6.69. The normalized spacial score (nSPS) is 24.8. The number of nitrogens with zero attached hydrogens (tertiary/aromatic N) is 1. The van der Waals surface area contributed by atoms with Crippen LogP contribution >= 0.6 is 0 Å². The van der Waals surface area contributed by atoms with Crippen LogP contribution in [0.25, 0.3) is 0 Å². The molecule has 2 N–H and O–H groups in total. The largest absolute Gasteiger partial charge is 0.508 e. The molecule has 0 heterocycles. The van der Waals surface area contributed by atoms with E-state index in [0.29, 0.717) is 18.2 Å². The minimum atomic E-state index is -0.0769. The highest BCUT2D eigenvalue weighted by Gasteiger charge is 2.62. The van der Waals surface area contributed by atoms with Gasteiger partial charge in [0.25, 0.3) is 0 Å². The third-order valence-corrected chi connectivity index (χ3v) is 6.69. The van der Waals surface area contributed by atoms with Crippen molar-refractivity contribution >= 4 is 5.91 Å². The topological polar surface area (TPSA) is 52.6 Å². The first-order valence-electron chi connectivity index (χ1n) is 10.0. The highest BCUT2D eigenvalue weighted by atomic mass is 16.3. The minimum absolute atomic E-state index is 0.0214. The molecule has 1 aliphatic rings. The van der Waals surface area contributed by atoms with E-state index in [9.17, 15) is 9.90 Å². The number of phenols is 1. The van der Waals surface area contributed by atoms with E-state index in [1.807, 2.05) is 45.3 Å². The summed E-state index contributed by atoms with van der Waals surface area (Å²) in [5.41, 5.74) is 3.43. The molecule has 2 aromatic rings. The Labute approximate surface area is 168 Å². The van der Waals surface area contributed by atoms with Gasteiger partial charge in [0.05, 0.1) is 5.92 Å². The van der Waals surface area contributed by atoms with Gasteiger partial charge < -0.3 is 15.3 Å². The van der Waals surface area contributed by atoms with E-state index < -0.39 is 0 Å². The molecule has 2 aromatic carbocycles. The van der Waals surface area contributed by atoms with Gasteiger partial charge in [0.2, 0.25) is 5.91 Å². The maximum atomic E-state index is 12.9. The second-order valence-electron chi connectivity index (χ2n) is 8.59. The molecule has 0 spiro atoms. The lowest BCUT2D eigenvalue weighted by Crippen LogP contribution is -2.42. The number of phenolic OH excluding ortho intramolecular Hbond substituents is 1.